The fourth-order valence-corrected chi connectivity index (χ4v) is 2.42. The fourth-order valence-electron chi connectivity index (χ4n) is 2.20. The molecule has 19 heavy (non-hydrogen) atoms. The molecule has 6 heteroatoms. The number of benzene rings is 1. The molecule has 0 saturated carbocycles. The average molecular weight is 276 g/mol. The summed E-state index contributed by atoms with van der Waals surface area (Å²) in [6, 6.07) is 7.46. The van der Waals surface area contributed by atoms with Crippen molar-refractivity contribution in [3.8, 4) is 11.4 Å². The van der Waals surface area contributed by atoms with E-state index in [9.17, 15) is 0 Å². The highest BCUT2D eigenvalue weighted by Gasteiger charge is 2.17. The molecule has 98 valence electrons. The van der Waals surface area contributed by atoms with Gasteiger partial charge < -0.3 is 10.6 Å². The molecule has 1 aliphatic rings. The molecule has 3 rings (SSSR count). The zero-order valence-corrected chi connectivity index (χ0v) is 11.1. The molecule has 0 unspecified atom stereocenters. The average Bonchev–Trinajstić information content (AvgIpc) is 2.92. The Labute approximate surface area is 116 Å². The maximum Gasteiger partial charge on any atom is 0.230 e. The minimum Gasteiger partial charge on any atom is -0.368 e. The minimum atomic E-state index is 0.229. The molecule has 0 amide bonds. The number of nitrogens with two attached hydrogens (primary N) is 1. The van der Waals surface area contributed by atoms with Gasteiger partial charge in [-0.1, -0.05) is 23.7 Å². The Morgan fingerprint density at radius 2 is 1.79 bits per heavy atom. The van der Waals surface area contributed by atoms with E-state index in [2.05, 4.69) is 19.9 Å². The number of hydrogen-bond acceptors (Lipinski definition) is 5. The molecular formula is C13H14ClN5. The van der Waals surface area contributed by atoms with Crippen LogP contribution < -0.4 is 10.6 Å². The van der Waals surface area contributed by atoms with Gasteiger partial charge >= 0.3 is 0 Å². The Morgan fingerprint density at radius 3 is 2.53 bits per heavy atom. The summed E-state index contributed by atoms with van der Waals surface area (Å²) in [5.41, 5.74) is 6.56. The second-order valence-corrected chi connectivity index (χ2v) is 4.90. The molecule has 0 atom stereocenters. The Kier molecular flexibility index (Phi) is 3.21. The molecule has 5 nitrogen and oxygen atoms in total. The van der Waals surface area contributed by atoms with E-state index < -0.39 is 0 Å². The maximum atomic E-state index is 6.17. The van der Waals surface area contributed by atoms with Crippen LogP contribution >= 0.6 is 11.6 Å². The zero-order chi connectivity index (χ0) is 13.2. The van der Waals surface area contributed by atoms with Gasteiger partial charge in [0, 0.05) is 18.7 Å². The quantitative estimate of drug-likeness (QED) is 0.911. The maximum absolute atomic E-state index is 6.17. The fraction of sp³-hybridized carbons (Fsp3) is 0.308. The van der Waals surface area contributed by atoms with Gasteiger partial charge in [0.25, 0.3) is 0 Å². The van der Waals surface area contributed by atoms with Gasteiger partial charge in [0.05, 0.1) is 5.02 Å². The van der Waals surface area contributed by atoms with Crippen molar-refractivity contribution in [3.05, 3.63) is 29.3 Å². The summed E-state index contributed by atoms with van der Waals surface area (Å²) in [6.07, 6.45) is 2.32. The van der Waals surface area contributed by atoms with E-state index in [0.717, 1.165) is 31.5 Å². The molecule has 2 aromatic rings. The summed E-state index contributed by atoms with van der Waals surface area (Å²) in [5, 5.41) is 0.612. The third-order valence-electron chi connectivity index (χ3n) is 3.14. The van der Waals surface area contributed by atoms with Gasteiger partial charge in [-0.3, -0.25) is 0 Å². The van der Waals surface area contributed by atoms with Crippen molar-refractivity contribution in [2.24, 2.45) is 0 Å². The topological polar surface area (TPSA) is 67.9 Å². The lowest BCUT2D eigenvalue weighted by Crippen LogP contribution is -2.21. The summed E-state index contributed by atoms with van der Waals surface area (Å²) in [4.78, 5) is 15.0. The standard InChI is InChI=1S/C13H14ClN5/c14-10-6-2-1-5-9(10)11-16-12(15)18-13(17-11)19-7-3-4-8-19/h1-2,5-6H,3-4,7-8H2,(H2,15,16,17,18). The molecular weight excluding hydrogens is 262 g/mol. The normalized spacial score (nSPS) is 14.9. The first-order chi connectivity index (χ1) is 9.24. The molecule has 2 heterocycles. The van der Waals surface area contributed by atoms with Crippen LogP contribution in [0.2, 0.25) is 5.02 Å². The van der Waals surface area contributed by atoms with Crippen molar-refractivity contribution in [2.45, 2.75) is 12.8 Å². The molecule has 1 aromatic carbocycles. The third-order valence-corrected chi connectivity index (χ3v) is 3.47. The molecule has 1 saturated heterocycles. The highest BCUT2D eigenvalue weighted by Crippen LogP contribution is 2.26. The van der Waals surface area contributed by atoms with Crippen LogP contribution in [0.15, 0.2) is 24.3 Å². The SMILES string of the molecule is Nc1nc(-c2ccccc2Cl)nc(N2CCCC2)n1. The van der Waals surface area contributed by atoms with E-state index in [-0.39, 0.29) is 5.95 Å². The number of anilines is 2. The zero-order valence-electron chi connectivity index (χ0n) is 10.4. The highest BCUT2D eigenvalue weighted by molar-refractivity contribution is 6.33. The van der Waals surface area contributed by atoms with E-state index >= 15 is 0 Å². The Bertz CT molecular complexity index is 595. The molecule has 0 spiro atoms. The number of hydrogen-bond donors (Lipinski definition) is 1. The first-order valence-electron chi connectivity index (χ1n) is 6.25. The first kappa shape index (κ1) is 12.2. The lowest BCUT2D eigenvalue weighted by atomic mass is 10.2. The van der Waals surface area contributed by atoms with Crippen LogP contribution in [0.3, 0.4) is 0 Å². The van der Waals surface area contributed by atoms with Crippen LogP contribution in [0.1, 0.15) is 12.8 Å². The largest absolute Gasteiger partial charge is 0.368 e. The first-order valence-corrected chi connectivity index (χ1v) is 6.63. The number of nitrogen functional groups attached to an aromatic ring is 1. The van der Waals surface area contributed by atoms with E-state index in [1.54, 1.807) is 0 Å². The molecule has 0 aliphatic carbocycles. The summed E-state index contributed by atoms with van der Waals surface area (Å²) in [7, 11) is 0. The van der Waals surface area contributed by atoms with Crippen LogP contribution in [0, 0.1) is 0 Å². The number of aromatic nitrogens is 3. The van der Waals surface area contributed by atoms with Crippen LogP contribution in [-0.2, 0) is 0 Å². The summed E-state index contributed by atoms with van der Waals surface area (Å²) >= 11 is 6.17. The highest BCUT2D eigenvalue weighted by atomic mass is 35.5. The monoisotopic (exact) mass is 275 g/mol. The van der Waals surface area contributed by atoms with Crippen molar-refractivity contribution in [1.82, 2.24) is 15.0 Å². The van der Waals surface area contributed by atoms with Gasteiger partial charge in [0.1, 0.15) is 0 Å². The third kappa shape index (κ3) is 2.46. The van der Waals surface area contributed by atoms with Crippen molar-refractivity contribution < 1.29 is 0 Å². The van der Waals surface area contributed by atoms with Gasteiger partial charge in [-0.05, 0) is 25.0 Å². The van der Waals surface area contributed by atoms with Gasteiger partial charge in [-0.25, -0.2) is 0 Å². The van der Waals surface area contributed by atoms with Gasteiger partial charge in [0.15, 0.2) is 5.82 Å². The van der Waals surface area contributed by atoms with Crippen LogP contribution in [-0.4, -0.2) is 28.0 Å². The predicted molar refractivity (Wildman–Crippen MR) is 76.1 cm³/mol. The Hall–Kier alpha value is -1.88. The predicted octanol–water partition coefficient (Wildman–Crippen LogP) is 2.37. The van der Waals surface area contributed by atoms with E-state index in [0.29, 0.717) is 16.8 Å². The second kappa shape index (κ2) is 5.01. The van der Waals surface area contributed by atoms with Gasteiger partial charge in [-0.2, -0.15) is 15.0 Å². The van der Waals surface area contributed by atoms with E-state index in [4.69, 9.17) is 17.3 Å². The van der Waals surface area contributed by atoms with Gasteiger partial charge in [0.2, 0.25) is 11.9 Å². The Balaban J connectivity index is 2.04. The molecule has 0 bridgehead atoms. The molecule has 1 aliphatic heterocycles. The van der Waals surface area contributed by atoms with Crippen LogP contribution in [0.25, 0.3) is 11.4 Å². The Morgan fingerprint density at radius 1 is 1.05 bits per heavy atom. The van der Waals surface area contributed by atoms with E-state index in [1.165, 1.54) is 0 Å². The summed E-state index contributed by atoms with van der Waals surface area (Å²) in [6.45, 7) is 1.93. The summed E-state index contributed by atoms with van der Waals surface area (Å²) in [5.74, 6) is 1.40. The molecule has 2 N–H and O–H groups in total. The molecule has 0 radical (unpaired) electrons. The minimum absolute atomic E-state index is 0.229. The lowest BCUT2D eigenvalue weighted by molar-refractivity contribution is 0.887. The smallest absolute Gasteiger partial charge is 0.230 e. The number of nitrogens with zero attached hydrogens (tertiary/aromatic N) is 4. The molecule has 1 aromatic heterocycles. The second-order valence-electron chi connectivity index (χ2n) is 4.49. The number of halogens is 1. The van der Waals surface area contributed by atoms with Crippen molar-refractivity contribution in [3.63, 3.8) is 0 Å². The lowest BCUT2D eigenvalue weighted by Gasteiger charge is -2.15. The van der Waals surface area contributed by atoms with Gasteiger partial charge in [-0.15, -0.1) is 0 Å². The van der Waals surface area contributed by atoms with Crippen molar-refractivity contribution in [1.29, 1.82) is 0 Å². The van der Waals surface area contributed by atoms with E-state index in [1.807, 2.05) is 24.3 Å². The van der Waals surface area contributed by atoms with Crippen LogP contribution in [0.4, 0.5) is 11.9 Å². The summed E-state index contributed by atoms with van der Waals surface area (Å²) < 4.78 is 0. The van der Waals surface area contributed by atoms with Crippen molar-refractivity contribution in [2.75, 3.05) is 23.7 Å². The number of rotatable bonds is 2. The molecule has 1 fully saturated rings. The van der Waals surface area contributed by atoms with Crippen molar-refractivity contribution >= 4 is 23.5 Å². The van der Waals surface area contributed by atoms with Crippen LogP contribution in [0.5, 0.6) is 0 Å².